The van der Waals surface area contributed by atoms with Gasteiger partial charge in [0.15, 0.2) is 0 Å². The lowest BCUT2D eigenvalue weighted by Crippen LogP contribution is -2.50. The van der Waals surface area contributed by atoms with Gasteiger partial charge in [-0.1, -0.05) is 61.5 Å². The number of nitrogens with one attached hydrogen (secondary N) is 2. The Morgan fingerprint density at radius 2 is 1.57 bits per heavy atom. The molecule has 0 bridgehead atoms. The maximum atomic E-state index is 13.7. The molecule has 9 heteroatoms. The third-order valence-corrected chi connectivity index (χ3v) is 8.38. The molecule has 0 unspecified atom stereocenters. The van der Waals surface area contributed by atoms with Crippen LogP contribution in [0.15, 0.2) is 83.8 Å². The highest BCUT2D eigenvalue weighted by Crippen LogP contribution is 2.23. The molecule has 7 nitrogen and oxygen atoms in total. The molecule has 1 aliphatic rings. The van der Waals surface area contributed by atoms with Crippen LogP contribution >= 0.6 is 0 Å². The van der Waals surface area contributed by atoms with Crippen molar-refractivity contribution in [1.29, 1.82) is 0 Å². The van der Waals surface area contributed by atoms with E-state index in [1.807, 2.05) is 37.3 Å². The van der Waals surface area contributed by atoms with Crippen LogP contribution < -0.4 is 10.0 Å². The molecular formula is C31H36FN3O4S. The second-order valence-corrected chi connectivity index (χ2v) is 11.9. The number of halogens is 1. The summed E-state index contributed by atoms with van der Waals surface area (Å²) < 4.78 is 41.2. The maximum absolute atomic E-state index is 13.7. The summed E-state index contributed by atoms with van der Waals surface area (Å²) in [5, 5.41) is 2.94. The first-order valence-corrected chi connectivity index (χ1v) is 15.2. The quantitative estimate of drug-likeness (QED) is 0.304. The molecule has 212 valence electrons. The van der Waals surface area contributed by atoms with Crippen molar-refractivity contribution >= 4 is 21.8 Å². The fourth-order valence-electron chi connectivity index (χ4n) is 4.43. The first-order valence-electron chi connectivity index (χ1n) is 13.7. The van der Waals surface area contributed by atoms with Crippen LogP contribution in [0.2, 0.25) is 0 Å². The van der Waals surface area contributed by atoms with E-state index in [1.165, 1.54) is 12.1 Å². The van der Waals surface area contributed by atoms with Crippen LogP contribution in [0.25, 0.3) is 0 Å². The molecular weight excluding hydrogens is 529 g/mol. The monoisotopic (exact) mass is 565 g/mol. The van der Waals surface area contributed by atoms with Crippen LogP contribution in [-0.2, 0) is 39.0 Å². The van der Waals surface area contributed by atoms with Gasteiger partial charge < -0.3 is 10.2 Å². The minimum atomic E-state index is -3.55. The number of amides is 2. The summed E-state index contributed by atoms with van der Waals surface area (Å²) >= 11 is 0. The van der Waals surface area contributed by atoms with E-state index in [4.69, 9.17) is 0 Å². The van der Waals surface area contributed by atoms with Crippen molar-refractivity contribution in [3.63, 3.8) is 0 Å². The molecule has 2 N–H and O–H groups in total. The third-order valence-electron chi connectivity index (χ3n) is 6.85. The molecule has 1 saturated carbocycles. The number of benzene rings is 3. The molecule has 4 rings (SSSR count). The van der Waals surface area contributed by atoms with E-state index in [0.717, 1.165) is 30.4 Å². The largest absolute Gasteiger partial charge is 0.354 e. The number of aryl methyl sites for hydroxylation is 1. The average molecular weight is 566 g/mol. The second kappa shape index (κ2) is 13.7. The van der Waals surface area contributed by atoms with Gasteiger partial charge in [-0.3, -0.25) is 9.59 Å². The molecule has 2 amide bonds. The Hall–Kier alpha value is -3.56. The number of rotatable bonds is 14. The molecule has 0 spiro atoms. The van der Waals surface area contributed by atoms with Gasteiger partial charge >= 0.3 is 0 Å². The number of hydrogen-bond donors (Lipinski definition) is 2. The van der Waals surface area contributed by atoms with Crippen molar-refractivity contribution in [3.05, 3.63) is 101 Å². The number of sulfonamides is 1. The van der Waals surface area contributed by atoms with E-state index in [1.54, 1.807) is 41.3 Å². The molecule has 3 aromatic carbocycles. The van der Waals surface area contributed by atoms with Gasteiger partial charge in [-0.25, -0.2) is 17.5 Å². The molecule has 1 aliphatic carbocycles. The van der Waals surface area contributed by atoms with E-state index in [-0.39, 0.29) is 41.5 Å². The predicted octanol–water partition coefficient (Wildman–Crippen LogP) is 4.37. The molecule has 0 radical (unpaired) electrons. The Morgan fingerprint density at radius 3 is 2.20 bits per heavy atom. The summed E-state index contributed by atoms with van der Waals surface area (Å²) in [6.07, 6.45) is 3.32. The fourth-order valence-corrected chi connectivity index (χ4v) is 5.73. The van der Waals surface area contributed by atoms with Gasteiger partial charge in [-0.2, -0.15) is 0 Å². The Labute approximate surface area is 235 Å². The van der Waals surface area contributed by atoms with E-state index in [9.17, 15) is 22.4 Å². The molecule has 0 heterocycles. The minimum absolute atomic E-state index is 0.0211. The Morgan fingerprint density at radius 1 is 0.925 bits per heavy atom. The van der Waals surface area contributed by atoms with Crippen LogP contribution in [-0.4, -0.2) is 43.8 Å². The van der Waals surface area contributed by atoms with Crippen molar-refractivity contribution < 1.29 is 22.4 Å². The average Bonchev–Trinajstić information content (AvgIpc) is 3.77. The zero-order valence-electron chi connectivity index (χ0n) is 22.7. The van der Waals surface area contributed by atoms with Crippen molar-refractivity contribution in [2.24, 2.45) is 0 Å². The second-order valence-electron chi connectivity index (χ2n) is 10.2. The summed E-state index contributed by atoms with van der Waals surface area (Å²) in [7, 11) is -3.55. The van der Waals surface area contributed by atoms with E-state index < -0.39 is 16.1 Å². The Bertz CT molecular complexity index is 1380. The van der Waals surface area contributed by atoms with Crippen LogP contribution in [0.4, 0.5) is 4.39 Å². The molecule has 0 aliphatic heterocycles. The normalized spacial score (nSPS) is 13.9. The number of carbonyl (C=O) groups is 2. The molecule has 0 saturated heterocycles. The summed E-state index contributed by atoms with van der Waals surface area (Å²) in [6.45, 7) is 2.61. The van der Waals surface area contributed by atoms with E-state index in [2.05, 4.69) is 10.0 Å². The molecule has 1 atom stereocenters. The zero-order chi connectivity index (χ0) is 28.5. The van der Waals surface area contributed by atoms with Crippen LogP contribution in [0.1, 0.15) is 49.3 Å². The summed E-state index contributed by atoms with van der Waals surface area (Å²) in [5.41, 5.74) is 2.46. The maximum Gasteiger partial charge on any atom is 0.243 e. The lowest BCUT2D eigenvalue weighted by molar-refractivity contribution is -0.141. The van der Waals surface area contributed by atoms with Crippen molar-refractivity contribution in [2.45, 2.75) is 69.0 Å². The number of carbonyl (C=O) groups excluding carboxylic acids is 2. The van der Waals surface area contributed by atoms with Gasteiger partial charge in [0.05, 0.1) is 4.90 Å². The van der Waals surface area contributed by atoms with Gasteiger partial charge in [0, 0.05) is 32.0 Å². The van der Waals surface area contributed by atoms with Crippen molar-refractivity contribution in [3.8, 4) is 0 Å². The van der Waals surface area contributed by atoms with E-state index >= 15 is 0 Å². The van der Waals surface area contributed by atoms with Gasteiger partial charge in [-0.15, -0.1) is 0 Å². The van der Waals surface area contributed by atoms with Gasteiger partial charge in [0.2, 0.25) is 21.8 Å². The first kappa shape index (κ1) is 29.4. The fraction of sp³-hybridized carbons (Fsp3) is 0.355. The summed E-state index contributed by atoms with van der Waals surface area (Å²) in [4.78, 5) is 28.8. The molecule has 1 fully saturated rings. The van der Waals surface area contributed by atoms with E-state index in [0.29, 0.717) is 24.9 Å². The SMILES string of the molecule is CCCNC(=O)[C@H](Cc1ccccc1)N(Cc1ccc(F)cc1)C(=O)CCc1ccc(S(=O)(=O)NC2CC2)cc1. The molecule has 3 aromatic rings. The Balaban J connectivity index is 1.53. The van der Waals surface area contributed by atoms with Gasteiger partial charge in [-0.05, 0) is 66.6 Å². The zero-order valence-corrected chi connectivity index (χ0v) is 23.5. The summed E-state index contributed by atoms with van der Waals surface area (Å²) in [5.74, 6) is -0.830. The minimum Gasteiger partial charge on any atom is -0.354 e. The topological polar surface area (TPSA) is 95.6 Å². The number of nitrogens with zero attached hydrogens (tertiary/aromatic N) is 1. The number of hydrogen-bond acceptors (Lipinski definition) is 4. The van der Waals surface area contributed by atoms with Crippen LogP contribution in [0.3, 0.4) is 0 Å². The van der Waals surface area contributed by atoms with Gasteiger partial charge in [0.25, 0.3) is 0 Å². The Kier molecular flexibility index (Phi) is 10.1. The van der Waals surface area contributed by atoms with Crippen LogP contribution in [0, 0.1) is 5.82 Å². The lowest BCUT2D eigenvalue weighted by atomic mass is 10.0. The first-order chi connectivity index (χ1) is 19.2. The smallest absolute Gasteiger partial charge is 0.243 e. The summed E-state index contributed by atoms with van der Waals surface area (Å²) in [6, 6.07) is 21.3. The van der Waals surface area contributed by atoms with Crippen molar-refractivity contribution in [1.82, 2.24) is 14.9 Å². The lowest BCUT2D eigenvalue weighted by Gasteiger charge is -2.31. The van der Waals surface area contributed by atoms with Crippen molar-refractivity contribution in [2.75, 3.05) is 6.54 Å². The van der Waals surface area contributed by atoms with Gasteiger partial charge in [0.1, 0.15) is 11.9 Å². The predicted molar refractivity (Wildman–Crippen MR) is 152 cm³/mol. The highest BCUT2D eigenvalue weighted by atomic mass is 32.2. The third kappa shape index (κ3) is 8.47. The highest BCUT2D eigenvalue weighted by Gasteiger charge is 2.30. The van der Waals surface area contributed by atoms with Crippen LogP contribution in [0.5, 0.6) is 0 Å². The standard InChI is InChI=1S/C31H36FN3O4S/c1-2-20-33-31(37)29(21-24-6-4-3-5-7-24)35(22-25-8-13-26(32)14-9-25)30(36)19-12-23-10-17-28(18-11-23)40(38,39)34-27-15-16-27/h3-11,13-14,17-18,27,29,34H,2,12,15-16,19-22H2,1H3,(H,33,37)/t29-/m0/s1. The molecule has 0 aromatic heterocycles. The highest BCUT2D eigenvalue weighted by molar-refractivity contribution is 7.89. The molecule has 40 heavy (non-hydrogen) atoms.